The molecule has 0 saturated heterocycles. The average Bonchev–Trinajstić information content (AvgIpc) is 2.96. The van der Waals surface area contributed by atoms with Gasteiger partial charge in [-0.25, -0.2) is 0 Å². The maximum absolute atomic E-state index is 12.4. The number of alkyl halides is 3. The van der Waals surface area contributed by atoms with Crippen molar-refractivity contribution >= 4 is 17.7 Å². The van der Waals surface area contributed by atoms with E-state index in [1.165, 1.54) is 13.0 Å². The summed E-state index contributed by atoms with van der Waals surface area (Å²) in [7, 11) is 0. The molecule has 6 nitrogen and oxygen atoms in total. The van der Waals surface area contributed by atoms with Gasteiger partial charge in [0.25, 0.3) is 0 Å². The van der Waals surface area contributed by atoms with Crippen molar-refractivity contribution in [3.05, 3.63) is 23.9 Å². The largest absolute Gasteiger partial charge is 0.480 e. The van der Waals surface area contributed by atoms with Crippen molar-refractivity contribution in [2.45, 2.75) is 32.5 Å². The SMILES string of the molecule is Cc1cc(NC(=O)C2(C(=O)O)CC=CC2)nn1CC(F)(F)F. The summed E-state index contributed by atoms with van der Waals surface area (Å²) in [6, 6.07) is 1.27. The van der Waals surface area contributed by atoms with Gasteiger partial charge in [-0.05, 0) is 19.8 Å². The quantitative estimate of drug-likeness (QED) is 0.658. The summed E-state index contributed by atoms with van der Waals surface area (Å²) in [5.41, 5.74) is -1.41. The van der Waals surface area contributed by atoms with Gasteiger partial charge in [-0.1, -0.05) is 12.2 Å². The highest BCUT2D eigenvalue weighted by molar-refractivity contribution is 6.08. The Balaban J connectivity index is 2.15. The number of hydrogen-bond acceptors (Lipinski definition) is 3. The minimum atomic E-state index is -4.43. The van der Waals surface area contributed by atoms with E-state index in [9.17, 15) is 27.9 Å². The molecular weight excluding hydrogens is 303 g/mol. The molecule has 0 spiro atoms. The number of hydrogen-bond donors (Lipinski definition) is 2. The van der Waals surface area contributed by atoms with Crippen LogP contribution in [0.5, 0.6) is 0 Å². The number of nitrogens with one attached hydrogen (secondary N) is 1. The molecule has 1 aromatic rings. The molecule has 1 amide bonds. The van der Waals surface area contributed by atoms with Gasteiger partial charge in [0, 0.05) is 11.8 Å². The predicted octanol–water partition coefficient (Wildman–Crippen LogP) is 2.11. The summed E-state index contributed by atoms with van der Waals surface area (Å²) in [4.78, 5) is 23.5. The summed E-state index contributed by atoms with van der Waals surface area (Å²) in [6.07, 6.45) is -1.19. The number of aromatic nitrogens is 2. The molecule has 0 fully saturated rings. The summed E-state index contributed by atoms with van der Waals surface area (Å²) in [6.45, 7) is 0.138. The van der Waals surface area contributed by atoms with Crippen LogP contribution in [0.2, 0.25) is 0 Å². The minimum absolute atomic E-state index is 0.0381. The molecule has 0 saturated carbocycles. The van der Waals surface area contributed by atoms with E-state index in [-0.39, 0.29) is 24.4 Å². The number of carboxylic acid groups (broad SMARTS) is 1. The Morgan fingerprint density at radius 3 is 2.50 bits per heavy atom. The van der Waals surface area contributed by atoms with E-state index < -0.39 is 30.0 Å². The number of halogens is 3. The summed E-state index contributed by atoms with van der Waals surface area (Å²) >= 11 is 0. The van der Waals surface area contributed by atoms with E-state index in [0.717, 1.165) is 0 Å². The standard InChI is InChI=1S/C13H14F3N3O3/c1-8-6-9(18-19(8)7-13(14,15)16)17-10(20)12(11(21)22)4-2-3-5-12/h2-3,6H,4-5,7H2,1H3,(H,21,22)(H,17,18,20). The highest BCUT2D eigenvalue weighted by atomic mass is 19.4. The lowest BCUT2D eigenvalue weighted by molar-refractivity contribution is -0.153. The van der Waals surface area contributed by atoms with E-state index >= 15 is 0 Å². The van der Waals surface area contributed by atoms with E-state index in [1.54, 1.807) is 12.2 Å². The summed E-state index contributed by atoms with van der Waals surface area (Å²) in [5, 5.41) is 15.2. The third-order valence-electron chi connectivity index (χ3n) is 3.50. The number of carbonyl (C=O) groups is 2. The van der Waals surface area contributed by atoms with Crippen molar-refractivity contribution < 1.29 is 27.9 Å². The molecule has 1 aromatic heterocycles. The second kappa shape index (κ2) is 5.47. The normalized spacial score (nSPS) is 16.7. The Labute approximate surface area is 123 Å². The lowest BCUT2D eigenvalue weighted by atomic mass is 9.84. The highest BCUT2D eigenvalue weighted by Gasteiger charge is 2.46. The average molecular weight is 317 g/mol. The maximum Gasteiger partial charge on any atom is 0.408 e. The summed E-state index contributed by atoms with van der Waals surface area (Å²) < 4.78 is 37.8. The number of nitrogens with zero attached hydrogens (tertiary/aromatic N) is 2. The molecule has 9 heteroatoms. The van der Waals surface area contributed by atoms with Gasteiger partial charge in [0.1, 0.15) is 6.54 Å². The third-order valence-corrected chi connectivity index (χ3v) is 3.50. The van der Waals surface area contributed by atoms with Gasteiger partial charge < -0.3 is 10.4 Å². The van der Waals surface area contributed by atoms with Crippen LogP contribution < -0.4 is 5.32 Å². The van der Waals surface area contributed by atoms with Crippen LogP contribution in [0, 0.1) is 12.3 Å². The summed E-state index contributed by atoms with van der Waals surface area (Å²) in [5.74, 6) is -2.16. The Kier molecular flexibility index (Phi) is 3.99. The third kappa shape index (κ3) is 3.12. The van der Waals surface area contributed by atoms with E-state index in [2.05, 4.69) is 10.4 Å². The van der Waals surface area contributed by atoms with Crippen molar-refractivity contribution in [2.75, 3.05) is 5.32 Å². The fourth-order valence-corrected chi connectivity index (χ4v) is 2.25. The van der Waals surface area contributed by atoms with Crippen LogP contribution in [0.4, 0.5) is 19.0 Å². The van der Waals surface area contributed by atoms with Crippen molar-refractivity contribution in [1.82, 2.24) is 9.78 Å². The number of carbonyl (C=O) groups excluding carboxylic acids is 1. The van der Waals surface area contributed by atoms with E-state index in [4.69, 9.17) is 0 Å². The van der Waals surface area contributed by atoms with Crippen LogP contribution in [-0.4, -0.2) is 32.9 Å². The van der Waals surface area contributed by atoms with Crippen molar-refractivity contribution in [3.8, 4) is 0 Å². The number of anilines is 1. The zero-order chi connectivity index (χ0) is 16.5. The first-order chi connectivity index (χ1) is 10.1. The number of allylic oxidation sites excluding steroid dienone is 2. The van der Waals surface area contributed by atoms with Gasteiger partial charge in [-0.3, -0.25) is 14.3 Å². The van der Waals surface area contributed by atoms with Crippen LogP contribution in [0.3, 0.4) is 0 Å². The molecule has 22 heavy (non-hydrogen) atoms. The molecule has 0 bridgehead atoms. The zero-order valence-corrected chi connectivity index (χ0v) is 11.6. The minimum Gasteiger partial charge on any atom is -0.480 e. The molecule has 0 atom stereocenters. The second-order valence-electron chi connectivity index (χ2n) is 5.16. The highest BCUT2D eigenvalue weighted by Crippen LogP contribution is 2.35. The first-order valence-corrected chi connectivity index (χ1v) is 6.45. The molecule has 120 valence electrons. The molecule has 2 rings (SSSR count). The molecule has 1 heterocycles. The smallest absolute Gasteiger partial charge is 0.408 e. The molecule has 0 aliphatic heterocycles. The lowest BCUT2D eigenvalue weighted by Crippen LogP contribution is -2.41. The van der Waals surface area contributed by atoms with Crippen molar-refractivity contribution in [1.29, 1.82) is 0 Å². The van der Waals surface area contributed by atoms with Gasteiger partial charge in [-0.15, -0.1) is 0 Å². The van der Waals surface area contributed by atoms with Gasteiger partial charge in [-0.2, -0.15) is 18.3 Å². The molecule has 0 aromatic carbocycles. The number of aryl methyl sites for hydroxylation is 1. The molecular formula is C13H14F3N3O3. The van der Waals surface area contributed by atoms with Gasteiger partial charge in [0.15, 0.2) is 11.2 Å². The first-order valence-electron chi connectivity index (χ1n) is 6.45. The molecule has 1 aliphatic carbocycles. The molecule has 1 aliphatic rings. The monoisotopic (exact) mass is 317 g/mol. The predicted molar refractivity (Wildman–Crippen MR) is 70.1 cm³/mol. The topological polar surface area (TPSA) is 84.2 Å². The van der Waals surface area contributed by atoms with Crippen LogP contribution in [-0.2, 0) is 16.1 Å². The van der Waals surface area contributed by atoms with Gasteiger partial charge in [0.05, 0.1) is 0 Å². The van der Waals surface area contributed by atoms with E-state index in [0.29, 0.717) is 4.68 Å². The Hall–Kier alpha value is -2.32. The molecule has 0 unspecified atom stereocenters. The number of amides is 1. The number of aliphatic carboxylic acids is 1. The van der Waals surface area contributed by atoms with Crippen LogP contribution in [0.25, 0.3) is 0 Å². The van der Waals surface area contributed by atoms with Crippen molar-refractivity contribution in [3.63, 3.8) is 0 Å². The Bertz CT molecular complexity index is 626. The molecule has 2 N–H and O–H groups in total. The Morgan fingerprint density at radius 2 is 2.00 bits per heavy atom. The fraction of sp³-hybridized carbons (Fsp3) is 0.462. The maximum atomic E-state index is 12.4. The van der Waals surface area contributed by atoms with Crippen LogP contribution in [0.15, 0.2) is 18.2 Å². The van der Waals surface area contributed by atoms with Crippen molar-refractivity contribution in [2.24, 2.45) is 5.41 Å². The van der Waals surface area contributed by atoms with Gasteiger partial charge >= 0.3 is 12.1 Å². The second-order valence-corrected chi connectivity index (χ2v) is 5.16. The van der Waals surface area contributed by atoms with Gasteiger partial charge in [0.2, 0.25) is 5.91 Å². The molecule has 0 radical (unpaired) electrons. The Morgan fingerprint density at radius 1 is 1.41 bits per heavy atom. The zero-order valence-electron chi connectivity index (χ0n) is 11.6. The number of carboxylic acids is 1. The first kappa shape index (κ1) is 16.1. The van der Waals surface area contributed by atoms with E-state index in [1.807, 2.05) is 0 Å². The lowest BCUT2D eigenvalue weighted by Gasteiger charge is -2.21. The fourth-order valence-electron chi connectivity index (χ4n) is 2.25. The van der Waals surface area contributed by atoms with Crippen LogP contribution >= 0.6 is 0 Å². The number of rotatable bonds is 4. The van der Waals surface area contributed by atoms with Crippen LogP contribution in [0.1, 0.15) is 18.5 Å².